The highest BCUT2D eigenvalue weighted by molar-refractivity contribution is 5.80. The van der Waals surface area contributed by atoms with Gasteiger partial charge in [0.1, 0.15) is 6.04 Å². The Labute approximate surface area is 136 Å². The molecule has 2 rings (SSSR count). The van der Waals surface area contributed by atoms with E-state index in [0.29, 0.717) is 32.7 Å². The number of nitrogens with one attached hydrogen (secondary N) is 1. The zero-order valence-corrected chi connectivity index (χ0v) is 13.5. The summed E-state index contributed by atoms with van der Waals surface area (Å²) in [4.78, 5) is 24.8. The molecule has 1 saturated heterocycles. The Morgan fingerprint density at radius 2 is 2.00 bits per heavy atom. The van der Waals surface area contributed by atoms with Crippen molar-refractivity contribution < 1.29 is 19.4 Å². The molecule has 0 bridgehead atoms. The van der Waals surface area contributed by atoms with Crippen molar-refractivity contribution >= 4 is 11.9 Å². The van der Waals surface area contributed by atoms with Gasteiger partial charge in [0.25, 0.3) is 0 Å². The van der Waals surface area contributed by atoms with E-state index >= 15 is 0 Å². The van der Waals surface area contributed by atoms with Crippen LogP contribution < -0.4 is 5.32 Å². The summed E-state index contributed by atoms with van der Waals surface area (Å²) in [6.45, 7) is 4.48. The van der Waals surface area contributed by atoms with Gasteiger partial charge in [-0.15, -0.1) is 0 Å². The summed E-state index contributed by atoms with van der Waals surface area (Å²) in [5.41, 5.74) is 2.11. The molecule has 0 unspecified atom stereocenters. The fraction of sp³-hybridized carbons (Fsp3) is 0.529. The van der Waals surface area contributed by atoms with Crippen molar-refractivity contribution in [1.29, 1.82) is 0 Å². The molecule has 1 amide bonds. The molecule has 1 aliphatic heterocycles. The molecule has 6 heteroatoms. The van der Waals surface area contributed by atoms with E-state index < -0.39 is 12.0 Å². The Hall–Kier alpha value is -1.92. The predicted molar refractivity (Wildman–Crippen MR) is 85.8 cm³/mol. The van der Waals surface area contributed by atoms with Crippen molar-refractivity contribution in [1.82, 2.24) is 10.2 Å². The Balaban J connectivity index is 1.76. The van der Waals surface area contributed by atoms with Crippen molar-refractivity contribution in [3.8, 4) is 0 Å². The molecule has 0 spiro atoms. The number of hydrogen-bond acceptors (Lipinski definition) is 4. The largest absolute Gasteiger partial charge is 0.480 e. The van der Waals surface area contributed by atoms with E-state index in [0.717, 1.165) is 17.5 Å². The number of benzene rings is 1. The average Bonchev–Trinajstić information content (AvgIpc) is 3.00. The van der Waals surface area contributed by atoms with E-state index in [4.69, 9.17) is 9.84 Å². The maximum Gasteiger partial charge on any atom is 0.320 e. The third-order valence-corrected chi connectivity index (χ3v) is 3.98. The van der Waals surface area contributed by atoms with Gasteiger partial charge in [-0.25, -0.2) is 0 Å². The quantitative estimate of drug-likeness (QED) is 0.757. The Morgan fingerprint density at radius 3 is 2.65 bits per heavy atom. The molecule has 6 nitrogen and oxygen atoms in total. The van der Waals surface area contributed by atoms with E-state index in [1.807, 2.05) is 31.2 Å². The second-order valence-electron chi connectivity index (χ2n) is 5.70. The van der Waals surface area contributed by atoms with Crippen molar-refractivity contribution in [2.45, 2.75) is 39.0 Å². The fourth-order valence-electron chi connectivity index (χ4n) is 2.71. The van der Waals surface area contributed by atoms with E-state index in [2.05, 4.69) is 5.32 Å². The first-order chi connectivity index (χ1) is 11.1. The van der Waals surface area contributed by atoms with Gasteiger partial charge < -0.3 is 15.2 Å². The molecule has 0 radical (unpaired) electrons. The number of likely N-dealkylation sites (tertiary alicyclic amines) is 1. The predicted octanol–water partition coefficient (Wildman–Crippen LogP) is 1.39. The molecule has 126 valence electrons. The number of carboxylic acids is 1. The standard InChI is InChI=1S/C17H24N2O4/c1-2-23-12-14-7-5-13(6-8-14)10-18-16(20)11-19-9-3-4-15(19)17(21)22/h5-8,15H,2-4,9-12H2,1H3,(H,18,20)(H,21,22)/t15-/m1/s1. The van der Waals surface area contributed by atoms with Crippen LogP contribution in [0.4, 0.5) is 0 Å². The summed E-state index contributed by atoms with van der Waals surface area (Å²) in [6.07, 6.45) is 1.44. The molecule has 1 aliphatic rings. The van der Waals surface area contributed by atoms with E-state index in [1.165, 1.54) is 0 Å². The molecule has 2 N–H and O–H groups in total. The maximum absolute atomic E-state index is 12.0. The van der Waals surface area contributed by atoms with Crippen LogP contribution in [0.25, 0.3) is 0 Å². The van der Waals surface area contributed by atoms with Crippen LogP contribution in [0.5, 0.6) is 0 Å². The van der Waals surface area contributed by atoms with Gasteiger partial charge in [-0.2, -0.15) is 0 Å². The molecule has 1 heterocycles. The topological polar surface area (TPSA) is 78.9 Å². The van der Waals surface area contributed by atoms with Crippen LogP contribution in [0, 0.1) is 0 Å². The van der Waals surface area contributed by atoms with Crippen LogP contribution in [0.15, 0.2) is 24.3 Å². The van der Waals surface area contributed by atoms with E-state index in [1.54, 1.807) is 4.90 Å². The van der Waals surface area contributed by atoms with Crippen molar-refractivity contribution in [3.63, 3.8) is 0 Å². The van der Waals surface area contributed by atoms with Crippen LogP contribution in [0.2, 0.25) is 0 Å². The van der Waals surface area contributed by atoms with E-state index in [-0.39, 0.29) is 12.5 Å². The van der Waals surface area contributed by atoms with Crippen molar-refractivity contribution in [2.75, 3.05) is 19.7 Å². The number of rotatable bonds is 8. The number of ether oxygens (including phenoxy) is 1. The number of carbonyl (C=O) groups excluding carboxylic acids is 1. The minimum Gasteiger partial charge on any atom is -0.480 e. The summed E-state index contributed by atoms with van der Waals surface area (Å²) >= 11 is 0. The molecule has 0 aliphatic carbocycles. The third-order valence-electron chi connectivity index (χ3n) is 3.98. The van der Waals surface area contributed by atoms with Gasteiger partial charge in [0.2, 0.25) is 5.91 Å². The van der Waals surface area contributed by atoms with Crippen LogP contribution in [-0.4, -0.2) is 47.6 Å². The number of aliphatic carboxylic acids is 1. The second kappa shape index (κ2) is 8.64. The summed E-state index contributed by atoms with van der Waals surface area (Å²) < 4.78 is 5.34. The average molecular weight is 320 g/mol. The molecular weight excluding hydrogens is 296 g/mol. The lowest BCUT2D eigenvalue weighted by atomic mass is 10.1. The first-order valence-corrected chi connectivity index (χ1v) is 7.99. The first-order valence-electron chi connectivity index (χ1n) is 7.99. The lowest BCUT2D eigenvalue weighted by Crippen LogP contribution is -2.42. The van der Waals surface area contributed by atoms with Crippen molar-refractivity contribution in [3.05, 3.63) is 35.4 Å². The maximum atomic E-state index is 12.0. The summed E-state index contributed by atoms with van der Waals surface area (Å²) in [5, 5.41) is 12.0. The number of amides is 1. The zero-order valence-electron chi connectivity index (χ0n) is 13.5. The first kappa shape index (κ1) is 17.4. The minimum absolute atomic E-state index is 0.138. The molecule has 0 saturated carbocycles. The van der Waals surface area contributed by atoms with Gasteiger partial charge in [-0.1, -0.05) is 24.3 Å². The molecule has 1 aromatic rings. The smallest absolute Gasteiger partial charge is 0.320 e. The Morgan fingerprint density at radius 1 is 1.30 bits per heavy atom. The van der Waals surface area contributed by atoms with Gasteiger partial charge in [0, 0.05) is 13.2 Å². The highest BCUT2D eigenvalue weighted by atomic mass is 16.5. The Bertz CT molecular complexity index is 530. The monoisotopic (exact) mass is 320 g/mol. The molecule has 1 atom stereocenters. The lowest BCUT2D eigenvalue weighted by molar-refractivity contribution is -0.142. The SMILES string of the molecule is CCOCc1ccc(CNC(=O)CN2CCC[C@@H]2C(=O)O)cc1. The third kappa shape index (κ3) is 5.33. The van der Waals surface area contributed by atoms with Crippen LogP contribution in [0.1, 0.15) is 30.9 Å². The van der Waals surface area contributed by atoms with Crippen LogP contribution in [-0.2, 0) is 27.5 Å². The molecular formula is C17H24N2O4. The van der Waals surface area contributed by atoms with Gasteiger partial charge in [-0.05, 0) is 37.4 Å². The highest BCUT2D eigenvalue weighted by Crippen LogP contribution is 2.16. The fourth-order valence-corrected chi connectivity index (χ4v) is 2.71. The Kier molecular flexibility index (Phi) is 6.55. The van der Waals surface area contributed by atoms with Gasteiger partial charge in [0.05, 0.1) is 13.2 Å². The lowest BCUT2D eigenvalue weighted by Gasteiger charge is -2.20. The van der Waals surface area contributed by atoms with Crippen LogP contribution >= 0.6 is 0 Å². The van der Waals surface area contributed by atoms with Crippen molar-refractivity contribution in [2.24, 2.45) is 0 Å². The number of nitrogens with zero attached hydrogens (tertiary/aromatic N) is 1. The molecule has 0 aromatic heterocycles. The number of hydrogen-bond donors (Lipinski definition) is 2. The highest BCUT2D eigenvalue weighted by Gasteiger charge is 2.31. The summed E-state index contributed by atoms with van der Waals surface area (Å²) in [7, 11) is 0. The zero-order chi connectivity index (χ0) is 16.7. The van der Waals surface area contributed by atoms with Gasteiger partial charge in [-0.3, -0.25) is 14.5 Å². The summed E-state index contributed by atoms with van der Waals surface area (Å²) in [6, 6.07) is 7.37. The van der Waals surface area contributed by atoms with Crippen LogP contribution in [0.3, 0.4) is 0 Å². The van der Waals surface area contributed by atoms with Gasteiger partial charge in [0.15, 0.2) is 0 Å². The second-order valence-corrected chi connectivity index (χ2v) is 5.70. The summed E-state index contributed by atoms with van der Waals surface area (Å²) in [5.74, 6) is -0.989. The van der Waals surface area contributed by atoms with E-state index in [9.17, 15) is 9.59 Å². The normalized spacial score (nSPS) is 18.0. The van der Waals surface area contributed by atoms with Gasteiger partial charge >= 0.3 is 5.97 Å². The minimum atomic E-state index is -0.847. The molecule has 1 aromatic carbocycles. The molecule has 23 heavy (non-hydrogen) atoms. The molecule has 1 fully saturated rings. The number of carbonyl (C=O) groups is 2. The number of carboxylic acid groups (broad SMARTS) is 1.